The van der Waals surface area contributed by atoms with E-state index in [0.717, 1.165) is 24.9 Å². The Hall–Kier alpha value is -1.84. The normalized spacial score (nSPS) is 28.2. The van der Waals surface area contributed by atoms with Crippen LogP contribution in [0.3, 0.4) is 0 Å². The van der Waals surface area contributed by atoms with Crippen molar-refractivity contribution in [2.75, 3.05) is 4.90 Å². The van der Waals surface area contributed by atoms with Crippen LogP contribution in [0.1, 0.15) is 38.2 Å². The molecule has 0 bridgehead atoms. The Morgan fingerprint density at radius 3 is 2.52 bits per heavy atom. The smallest absolute Gasteiger partial charge is 0.307 e. The van der Waals surface area contributed by atoms with Gasteiger partial charge in [-0.05, 0) is 37.8 Å². The lowest BCUT2D eigenvalue weighted by Gasteiger charge is -2.33. The third kappa shape index (κ3) is 2.43. The molecule has 4 nitrogen and oxygen atoms in total. The molecule has 0 saturated heterocycles. The second-order valence-electron chi connectivity index (χ2n) is 6.23. The highest BCUT2D eigenvalue weighted by Crippen LogP contribution is 2.37. The maximum Gasteiger partial charge on any atom is 0.307 e. The highest BCUT2D eigenvalue weighted by atomic mass is 16.4. The fraction of sp³-hybridized carbons (Fsp3) is 0.529. The minimum absolute atomic E-state index is 0.000417. The van der Waals surface area contributed by atoms with Crippen molar-refractivity contribution < 1.29 is 14.7 Å². The standard InChI is InChI=1S/C17H21NO3/c1-11-10-12-6-2-5-9-15(12)18(11)16(19)13-7-3-4-8-14(13)17(20)21/h2,5-6,9,11,13-14H,3-4,7-8,10H2,1H3,(H,20,21)/t11?,13-,14+/m1/s1. The molecule has 1 aliphatic heterocycles. The first-order valence-corrected chi connectivity index (χ1v) is 7.73. The zero-order valence-electron chi connectivity index (χ0n) is 12.3. The van der Waals surface area contributed by atoms with Gasteiger partial charge in [-0.15, -0.1) is 0 Å². The number of anilines is 1. The van der Waals surface area contributed by atoms with E-state index in [1.54, 1.807) is 0 Å². The monoisotopic (exact) mass is 287 g/mol. The molecule has 1 N–H and O–H groups in total. The van der Waals surface area contributed by atoms with Gasteiger partial charge in [0.2, 0.25) is 5.91 Å². The van der Waals surface area contributed by atoms with Crippen LogP contribution < -0.4 is 4.90 Å². The summed E-state index contributed by atoms with van der Waals surface area (Å²) in [5.74, 6) is -1.72. The van der Waals surface area contributed by atoms with Crippen molar-refractivity contribution in [3.8, 4) is 0 Å². The zero-order chi connectivity index (χ0) is 15.0. The second-order valence-corrected chi connectivity index (χ2v) is 6.23. The molecule has 1 saturated carbocycles. The summed E-state index contributed by atoms with van der Waals surface area (Å²) in [7, 11) is 0. The van der Waals surface area contributed by atoms with Gasteiger partial charge in [0.15, 0.2) is 0 Å². The number of nitrogens with zero attached hydrogens (tertiary/aromatic N) is 1. The van der Waals surface area contributed by atoms with Crippen LogP contribution in [0, 0.1) is 11.8 Å². The number of para-hydroxylation sites is 1. The molecule has 1 aliphatic carbocycles. The van der Waals surface area contributed by atoms with Gasteiger partial charge in [-0.3, -0.25) is 9.59 Å². The van der Waals surface area contributed by atoms with Crippen LogP contribution in [0.15, 0.2) is 24.3 Å². The average molecular weight is 287 g/mol. The van der Waals surface area contributed by atoms with Crippen LogP contribution in [0.25, 0.3) is 0 Å². The van der Waals surface area contributed by atoms with Gasteiger partial charge in [-0.25, -0.2) is 0 Å². The molecular formula is C17H21NO3. The number of carbonyl (C=O) groups excluding carboxylic acids is 1. The second kappa shape index (κ2) is 5.51. The van der Waals surface area contributed by atoms with Gasteiger partial charge in [0.25, 0.3) is 0 Å². The average Bonchev–Trinajstić information content (AvgIpc) is 2.82. The molecule has 3 rings (SSSR count). The van der Waals surface area contributed by atoms with Gasteiger partial charge >= 0.3 is 5.97 Å². The number of amides is 1. The van der Waals surface area contributed by atoms with Crippen LogP contribution in [-0.2, 0) is 16.0 Å². The number of carboxylic acid groups (broad SMARTS) is 1. The van der Waals surface area contributed by atoms with Crippen molar-refractivity contribution in [2.24, 2.45) is 11.8 Å². The van der Waals surface area contributed by atoms with E-state index in [1.807, 2.05) is 30.0 Å². The molecule has 112 valence electrons. The Morgan fingerprint density at radius 2 is 1.81 bits per heavy atom. The lowest BCUT2D eigenvalue weighted by atomic mass is 9.78. The van der Waals surface area contributed by atoms with Gasteiger partial charge in [-0.2, -0.15) is 0 Å². The van der Waals surface area contributed by atoms with E-state index in [1.165, 1.54) is 5.56 Å². The number of benzene rings is 1. The highest BCUT2D eigenvalue weighted by Gasteiger charge is 2.41. The van der Waals surface area contributed by atoms with E-state index in [2.05, 4.69) is 6.07 Å². The lowest BCUT2D eigenvalue weighted by molar-refractivity contribution is -0.148. The van der Waals surface area contributed by atoms with E-state index in [4.69, 9.17) is 0 Å². The molecule has 3 atom stereocenters. The Labute approximate surface area is 124 Å². The van der Waals surface area contributed by atoms with E-state index >= 15 is 0 Å². The van der Waals surface area contributed by atoms with Gasteiger partial charge in [-0.1, -0.05) is 31.0 Å². The Morgan fingerprint density at radius 1 is 1.14 bits per heavy atom. The molecule has 4 heteroatoms. The third-order valence-electron chi connectivity index (χ3n) is 4.85. The van der Waals surface area contributed by atoms with Crippen LogP contribution >= 0.6 is 0 Å². The summed E-state index contributed by atoms with van der Waals surface area (Å²) >= 11 is 0. The first-order chi connectivity index (χ1) is 10.1. The van der Waals surface area contributed by atoms with Crippen molar-refractivity contribution in [2.45, 2.75) is 45.1 Å². The molecule has 1 aromatic carbocycles. The van der Waals surface area contributed by atoms with E-state index in [-0.39, 0.29) is 17.9 Å². The van der Waals surface area contributed by atoms with Gasteiger partial charge in [0, 0.05) is 11.7 Å². The molecule has 21 heavy (non-hydrogen) atoms. The third-order valence-corrected chi connectivity index (χ3v) is 4.85. The summed E-state index contributed by atoms with van der Waals surface area (Å²) in [6.45, 7) is 2.04. The summed E-state index contributed by atoms with van der Waals surface area (Å²) < 4.78 is 0. The van der Waals surface area contributed by atoms with Crippen molar-refractivity contribution in [1.29, 1.82) is 0 Å². The minimum atomic E-state index is -0.826. The van der Waals surface area contributed by atoms with Gasteiger partial charge in [0.05, 0.1) is 11.8 Å². The van der Waals surface area contributed by atoms with E-state index in [0.29, 0.717) is 12.8 Å². The van der Waals surface area contributed by atoms with E-state index in [9.17, 15) is 14.7 Å². The maximum atomic E-state index is 13.0. The van der Waals surface area contributed by atoms with Crippen LogP contribution in [0.4, 0.5) is 5.69 Å². The Kier molecular flexibility index (Phi) is 3.70. The predicted octanol–water partition coefficient (Wildman–Crippen LogP) is 2.86. The number of fused-ring (bicyclic) bond motifs is 1. The van der Waals surface area contributed by atoms with Crippen molar-refractivity contribution >= 4 is 17.6 Å². The lowest BCUT2D eigenvalue weighted by Crippen LogP contribution is -2.45. The predicted molar refractivity (Wildman–Crippen MR) is 80.2 cm³/mol. The number of hydrogen-bond acceptors (Lipinski definition) is 2. The maximum absolute atomic E-state index is 13.0. The Balaban J connectivity index is 1.89. The summed E-state index contributed by atoms with van der Waals surface area (Å²) in [5.41, 5.74) is 2.14. The molecular weight excluding hydrogens is 266 g/mol. The summed E-state index contributed by atoms with van der Waals surface area (Å²) in [5, 5.41) is 9.39. The fourth-order valence-electron chi connectivity index (χ4n) is 3.80. The van der Waals surface area contributed by atoms with Crippen LogP contribution in [-0.4, -0.2) is 23.0 Å². The van der Waals surface area contributed by atoms with Gasteiger partial charge in [0.1, 0.15) is 0 Å². The number of rotatable bonds is 2. The summed E-state index contributed by atoms with van der Waals surface area (Å²) in [6, 6.07) is 8.06. The quantitative estimate of drug-likeness (QED) is 0.910. The SMILES string of the molecule is CC1Cc2ccccc2N1C(=O)[C@@H]1CCCC[C@@H]1C(=O)O. The number of carbonyl (C=O) groups is 2. The molecule has 0 aromatic heterocycles. The van der Waals surface area contributed by atoms with Gasteiger partial charge < -0.3 is 10.0 Å². The molecule has 1 amide bonds. The first kappa shape index (κ1) is 14.1. The molecule has 1 unspecified atom stereocenters. The van der Waals surface area contributed by atoms with E-state index < -0.39 is 11.9 Å². The van der Waals surface area contributed by atoms with Crippen molar-refractivity contribution in [3.63, 3.8) is 0 Å². The topological polar surface area (TPSA) is 57.6 Å². The fourth-order valence-corrected chi connectivity index (χ4v) is 3.80. The van der Waals surface area contributed by atoms with Crippen molar-refractivity contribution in [1.82, 2.24) is 0 Å². The minimum Gasteiger partial charge on any atom is -0.481 e. The van der Waals surface area contributed by atoms with Crippen molar-refractivity contribution in [3.05, 3.63) is 29.8 Å². The molecule has 0 spiro atoms. The molecule has 0 radical (unpaired) electrons. The highest BCUT2D eigenvalue weighted by molar-refractivity contribution is 5.99. The molecule has 1 heterocycles. The molecule has 1 fully saturated rings. The molecule has 2 aliphatic rings. The van der Waals surface area contributed by atoms with Crippen LogP contribution in [0.5, 0.6) is 0 Å². The Bertz CT molecular complexity index is 569. The largest absolute Gasteiger partial charge is 0.481 e. The summed E-state index contributed by atoms with van der Waals surface area (Å²) in [4.78, 5) is 26.2. The number of aliphatic carboxylic acids is 1. The summed E-state index contributed by atoms with van der Waals surface area (Å²) in [6.07, 6.45) is 4.03. The first-order valence-electron chi connectivity index (χ1n) is 7.73. The zero-order valence-corrected chi connectivity index (χ0v) is 12.3. The van der Waals surface area contributed by atoms with Crippen LogP contribution in [0.2, 0.25) is 0 Å². The number of carboxylic acids is 1. The number of hydrogen-bond donors (Lipinski definition) is 1. The molecule has 1 aromatic rings.